The van der Waals surface area contributed by atoms with E-state index >= 15 is 0 Å². The molecule has 1 N–H and O–H groups in total. The predicted octanol–water partition coefficient (Wildman–Crippen LogP) is 2.02. The van der Waals surface area contributed by atoms with Crippen LogP contribution in [-0.2, 0) is 24.2 Å². The van der Waals surface area contributed by atoms with Crippen LogP contribution in [0.5, 0.6) is 0 Å². The summed E-state index contributed by atoms with van der Waals surface area (Å²) in [5, 5.41) is 3.61. The summed E-state index contributed by atoms with van der Waals surface area (Å²) in [4.78, 5) is 24.3. The van der Waals surface area contributed by atoms with Crippen LogP contribution in [0.3, 0.4) is 0 Å². The third kappa shape index (κ3) is 3.46. The number of hydrogen-bond donors (Lipinski definition) is 1. The lowest BCUT2D eigenvalue weighted by atomic mass is 10.2. The van der Waals surface area contributed by atoms with Crippen LogP contribution < -0.4 is 5.32 Å². The summed E-state index contributed by atoms with van der Waals surface area (Å²) in [7, 11) is 2.10. The number of aromatic nitrogens is 2. The highest BCUT2D eigenvalue weighted by Crippen LogP contribution is 2.27. The lowest BCUT2D eigenvalue weighted by Gasteiger charge is -2.20. The van der Waals surface area contributed by atoms with Crippen LogP contribution in [0.15, 0.2) is 18.3 Å². The predicted molar refractivity (Wildman–Crippen MR) is 83.5 cm³/mol. The van der Waals surface area contributed by atoms with Gasteiger partial charge in [0.25, 0.3) is 0 Å². The van der Waals surface area contributed by atoms with E-state index in [-0.39, 0.29) is 5.91 Å². The molecule has 110 valence electrons. The quantitative estimate of drug-likeness (QED) is 0.942. The largest absolute Gasteiger partial charge is 0.302 e. The number of carbonyl (C=O) groups excluding carboxylic acids is 1. The maximum atomic E-state index is 12.1. The standard InChI is InChI=1S/C15H18N4OS/c1-10-3-4-11(8-16-10)7-14(20)18-15-17-12-5-6-19(2)9-13(12)21-15/h3-4,8H,5-7,9H2,1-2H3,(H,17,18,20). The summed E-state index contributed by atoms with van der Waals surface area (Å²) in [6.07, 6.45) is 3.04. The Hall–Kier alpha value is -1.79. The Balaban J connectivity index is 1.64. The fraction of sp³-hybridized carbons (Fsp3) is 0.400. The van der Waals surface area contributed by atoms with Gasteiger partial charge in [0.1, 0.15) is 0 Å². The number of pyridine rings is 1. The number of amides is 1. The van der Waals surface area contributed by atoms with Gasteiger partial charge in [-0.1, -0.05) is 6.07 Å². The van der Waals surface area contributed by atoms with Gasteiger partial charge in [-0.25, -0.2) is 4.98 Å². The molecule has 1 amide bonds. The second kappa shape index (κ2) is 5.91. The summed E-state index contributed by atoms with van der Waals surface area (Å²) in [5.41, 5.74) is 3.00. The van der Waals surface area contributed by atoms with Gasteiger partial charge >= 0.3 is 0 Å². The van der Waals surface area contributed by atoms with E-state index in [1.54, 1.807) is 17.5 Å². The number of aryl methyl sites for hydroxylation is 1. The van der Waals surface area contributed by atoms with Crippen molar-refractivity contribution in [2.45, 2.75) is 26.3 Å². The lowest BCUT2D eigenvalue weighted by molar-refractivity contribution is -0.115. The molecule has 0 bridgehead atoms. The highest BCUT2D eigenvalue weighted by atomic mass is 32.1. The third-order valence-corrected chi connectivity index (χ3v) is 4.50. The molecule has 0 fully saturated rings. The third-order valence-electron chi connectivity index (χ3n) is 3.51. The van der Waals surface area contributed by atoms with Crippen molar-refractivity contribution in [1.29, 1.82) is 0 Å². The normalized spacial score (nSPS) is 14.8. The van der Waals surface area contributed by atoms with Crippen LogP contribution in [0.1, 0.15) is 21.8 Å². The second-order valence-corrected chi connectivity index (χ2v) is 6.49. The highest BCUT2D eigenvalue weighted by molar-refractivity contribution is 7.15. The second-order valence-electron chi connectivity index (χ2n) is 5.41. The van der Waals surface area contributed by atoms with E-state index in [2.05, 4.69) is 27.2 Å². The van der Waals surface area contributed by atoms with Crippen LogP contribution in [0.4, 0.5) is 5.13 Å². The summed E-state index contributed by atoms with van der Waals surface area (Å²) in [6.45, 7) is 3.88. The molecular weight excluding hydrogens is 284 g/mol. The summed E-state index contributed by atoms with van der Waals surface area (Å²) >= 11 is 1.58. The van der Waals surface area contributed by atoms with Gasteiger partial charge in [0.2, 0.25) is 5.91 Å². The molecule has 0 aromatic carbocycles. The van der Waals surface area contributed by atoms with Crippen LogP contribution in [-0.4, -0.2) is 34.4 Å². The van der Waals surface area contributed by atoms with Gasteiger partial charge in [0.15, 0.2) is 5.13 Å². The molecule has 0 spiro atoms. The summed E-state index contributed by atoms with van der Waals surface area (Å²) < 4.78 is 0. The highest BCUT2D eigenvalue weighted by Gasteiger charge is 2.19. The molecule has 1 aliphatic rings. The van der Waals surface area contributed by atoms with Crippen molar-refractivity contribution in [2.24, 2.45) is 0 Å². The van der Waals surface area contributed by atoms with Crippen LogP contribution >= 0.6 is 11.3 Å². The number of nitrogens with zero attached hydrogens (tertiary/aromatic N) is 3. The smallest absolute Gasteiger partial charge is 0.230 e. The monoisotopic (exact) mass is 302 g/mol. The molecular formula is C15H18N4OS. The van der Waals surface area contributed by atoms with Gasteiger partial charge in [-0.2, -0.15) is 0 Å². The maximum Gasteiger partial charge on any atom is 0.230 e. The number of anilines is 1. The molecule has 0 aliphatic carbocycles. The number of nitrogens with one attached hydrogen (secondary N) is 1. The summed E-state index contributed by atoms with van der Waals surface area (Å²) in [5.74, 6) is -0.0416. The number of thiazole rings is 1. The van der Waals surface area contributed by atoms with Crippen molar-refractivity contribution < 1.29 is 4.79 Å². The molecule has 0 atom stereocenters. The van der Waals surface area contributed by atoms with Crippen LogP contribution in [0, 0.1) is 6.92 Å². The number of rotatable bonds is 3. The minimum atomic E-state index is -0.0416. The molecule has 2 aromatic heterocycles. The first-order chi connectivity index (χ1) is 10.1. The fourth-order valence-corrected chi connectivity index (χ4v) is 3.43. The molecule has 3 heterocycles. The first-order valence-corrected chi connectivity index (χ1v) is 7.80. The van der Waals surface area contributed by atoms with E-state index in [4.69, 9.17) is 0 Å². The molecule has 21 heavy (non-hydrogen) atoms. The summed E-state index contributed by atoms with van der Waals surface area (Å²) in [6, 6.07) is 3.85. The van der Waals surface area contributed by atoms with E-state index in [0.717, 1.165) is 36.5 Å². The molecule has 6 heteroatoms. The Kier molecular flexibility index (Phi) is 3.98. The average molecular weight is 302 g/mol. The molecule has 5 nitrogen and oxygen atoms in total. The van der Waals surface area contributed by atoms with Gasteiger partial charge in [0, 0.05) is 36.3 Å². The Labute approximate surface area is 128 Å². The first kappa shape index (κ1) is 14.2. The van der Waals surface area contributed by atoms with E-state index in [0.29, 0.717) is 11.6 Å². The van der Waals surface area contributed by atoms with Gasteiger partial charge < -0.3 is 10.2 Å². The fourth-order valence-electron chi connectivity index (χ4n) is 2.33. The van der Waals surface area contributed by atoms with Crippen molar-refractivity contribution in [1.82, 2.24) is 14.9 Å². The topological polar surface area (TPSA) is 58.1 Å². The zero-order chi connectivity index (χ0) is 14.8. The lowest BCUT2D eigenvalue weighted by Crippen LogP contribution is -2.25. The van der Waals surface area contributed by atoms with Crippen LogP contribution in [0.25, 0.3) is 0 Å². The van der Waals surface area contributed by atoms with E-state index in [1.807, 2.05) is 19.1 Å². The van der Waals surface area contributed by atoms with Gasteiger partial charge in [0.05, 0.1) is 12.1 Å². The van der Waals surface area contributed by atoms with Crippen molar-refractivity contribution >= 4 is 22.4 Å². The number of carbonyl (C=O) groups is 1. The van der Waals surface area contributed by atoms with E-state index in [9.17, 15) is 4.79 Å². The van der Waals surface area contributed by atoms with Crippen molar-refractivity contribution in [3.05, 3.63) is 40.2 Å². The minimum absolute atomic E-state index is 0.0416. The minimum Gasteiger partial charge on any atom is -0.302 e. The number of likely N-dealkylation sites (N-methyl/N-ethyl adjacent to an activating group) is 1. The molecule has 2 aromatic rings. The molecule has 0 unspecified atom stereocenters. The molecule has 3 rings (SSSR count). The number of hydrogen-bond acceptors (Lipinski definition) is 5. The van der Waals surface area contributed by atoms with Gasteiger partial charge in [-0.05, 0) is 25.6 Å². The SMILES string of the molecule is Cc1ccc(CC(=O)Nc2nc3c(s2)CN(C)CC3)cn1. The van der Waals surface area contributed by atoms with Crippen molar-refractivity contribution in [3.8, 4) is 0 Å². The first-order valence-electron chi connectivity index (χ1n) is 6.98. The number of fused-ring (bicyclic) bond motifs is 1. The Morgan fingerprint density at radius 2 is 2.33 bits per heavy atom. The van der Waals surface area contributed by atoms with Crippen molar-refractivity contribution in [2.75, 3.05) is 18.9 Å². The molecule has 0 saturated heterocycles. The molecule has 0 radical (unpaired) electrons. The zero-order valence-corrected chi connectivity index (χ0v) is 13.0. The Morgan fingerprint density at radius 1 is 1.48 bits per heavy atom. The molecule has 1 aliphatic heterocycles. The van der Waals surface area contributed by atoms with Crippen LogP contribution in [0.2, 0.25) is 0 Å². The van der Waals surface area contributed by atoms with Gasteiger partial charge in [-0.3, -0.25) is 9.78 Å². The Bertz CT molecular complexity index is 650. The molecule has 0 saturated carbocycles. The van der Waals surface area contributed by atoms with Crippen molar-refractivity contribution in [3.63, 3.8) is 0 Å². The zero-order valence-electron chi connectivity index (χ0n) is 12.2. The average Bonchev–Trinajstić information content (AvgIpc) is 2.82. The van der Waals surface area contributed by atoms with E-state index < -0.39 is 0 Å². The maximum absolute atomic E-state index is 12.1. The van der Waals surface area contributed by atoms with E-state index in [1.165, 1.54) is 4.88 Å². The Morgan fingerprint density at radius 3 is 3.10 bits per heavy atom. The van der Waals surface area contributed by atoms with Gasteiger partial charge in [-0.15, -0.1) is 11.3 Å².